The summed E-state index contributed by atoms with van der Waals surface area (Å²) in [7, 11) is 0. The van der Waals surface area contributed by atoms with Gasteiger partial charge < -0.3 is 5.21 Å². The summed E-state index contributed by atoms with van der Waals surface area (Å²) in [5, 5.41) is 16.8. The van der Waals surface area contributed by atoms with E-state index in [-0.39, 0.29) is 5.82 Å². The highest BCUT2D eigenvalue weighted by molar-refractivity contribution is 6.02. The molecule has 0 atom stereocenters. The third-order valence-electron chi connectivity index (χ3n) is 2.56. The summed E-state index contributed by atoms with van der Waals surface area (Å²) in [5.74, 6) is -0.358. The maximum atomic E-state index is 13.2. The molecule has 0 saturated carbocycles. The fourth-order valence-corrected chi connectivity index (χ4v) is 1.83. The average Bonchev–Trinajstić information content (AvgIpc) is 2.29. The van der Waals surface area contributed by atoms with Crippen molar-refractivity contribution < 1.29 is 9.24 Å². The van der Waals surface area contributed by atoms with Crippen LogP contribution in [0.4, 0.5) is 4.39 Å². The van der Waals surface area contributed by atoms with E-state index >= 15 is 0 Å². The SMILES string of the molecule is [O-][n+]1nc2ccccc2c2cc(F)ccc21. The summed E-state index contributed by atoms with van der Waals surface area (Å²) >= 11 is 0. The van der Waals surface area contributed by atoms with Gasteiger partial charge in [0.25, 0.3) is 5.52 Å². The minimum atomic E-state index is -0.358. The van der Waals surface area contributed by atoms with E-state index < -0.39 is 0 Å². The van der Waals surface area contributed by atoms with Crippen molar-refractivity contribution >= 4 is 21.8 Å². The molecule has 2 aromatic carbocycles. The molecule has 3 nitrogen and oxygen atoms in total. The van der Waals surface area contributed by atoms with Crippen LogP contribution in [0.1, 0.15) is 0 Å². The number of nitrogens with zero attached hydrogens (tertiary/aromatic N) is 2. The van der Waals surface area contributed by atoms with E-state index in [9.17, 15) is 9.60 Å². The number of hydrogen-bond donors (Lipinski definition) is 0. The van der Waals surface area contributed by atoms with E-state index in [4.69, 9.17) is 0 Å². The first-order valence-electron chi connectivity index (χ1n) is 4.83. The largest absolute Gasteiger partial charge is 0.594 e. The molecule has 78 valence electrons. The van der Waals surface area contributed by atoms with Crippen molar-refractivity contribution in [3.05, 3.63) is 53.5 Å². The van der Waals surface area contributed by atoms with E-state index in [0.29, 0.717) is 21.3 Å². The molecule has 0 aliphatic heterocycles. The van der Waals surface area contributed by atoms with Gasteiger partial charge in [0, 0.05) is 16.6 Å². The van der Waals surface area contributed by atoms with Gasteiger partial charge in [0.2, 0.25) is 0 Å². The molecule has 4 heteroatoms. The molecule has 0 spiro atoms. The van der Waals surface area contributed by atoms with Gasteiger partial charge >= 0.3 is 0 Å². The highest BCUT2D eigenvalue weighted by Crippen LogP contribution is 2.21. The van der Waals surface area contributed by atoms with Crippen LogP contribution in [-0.4, -0.2) is 5.10 Å². The topological polar surface area (TPSA) is 39.8 Å². The first-order chi connectivity index (χ1) is 7.75. The second-order valence-corrected chi connectivity index (χ2v) is 3.55. The Balaban J connectivity index is 2.61. The molecule has 1 aromatic heterocycles. The molecule has 0 aliphatic carbocycles. The highest BCUT2D eigenvalue weighted by atomic mass is 19.1. The van der Waals surface area contributed by atoms with Crippen molar-refractivity contribution in [1.82, 2.24) is 5.10 Å². The second kappa shape index (κ2) is 3.13. The van der Waals surface area contributed by atoms with Crippen molar-refractivity contribution in [2.45, 2.75) is 0 Å². The summed E-state index contributed by atoms with van der Waals surface area (Å²) in [6, 6.07) is 11.2. The number of hydrogen-bond acceptors (Lipinski definition) is 2. The van der Waals surface area contributed by atoms with Crippen LogP contribution < -0.4 is 4.85 Å². The van der Waals surface area contributed by atoms with Gasteiger partial charge in [0.05, 0.1) is 5.39 Å². The molecule has 0 radical (unpaired) electrons. The van der Waals surface area contributed by atoms with Gasteiger partial charge in [-0.25, -0.2) is 4.39 Å². The second-order valence-electron chi connectivity index (χ2n) is 3.55. The quantitative estimate of drug-likeness (QED) is 0.327. The van der Waals surface area contributed by atoms with Gasteiger partial charge in [0.1, 0.15) is 11.3 Å². The zero-order chi connectivity index (χ0) is 11.1. The Bertz CT molecular complexity index is 697. The van der Waals surface area contributed by atoms with Gasteiger partial charge in [0.15, 0.2) is 0 Å². The average molecular weight is 214 g/mol. The van der Waals surface area contributed by atoms with E-state index in [2.05, 4.69) is 5.10 Å². The van der Waals surface area contributed by atoms with Crippen LogP contribution in [0, 0.1) is 11.0 Å². The first-order valence-corrected chi connectivity index (χ1v) is 4.83. The van der Waals surface area contributed by atoms with Gasteiger partial charge in [-0.15, -0.1) is 0 Å². The van der Waals surface area contributed by atoms with Crippen molar-refractivity contribution in [3.8, 4) is 0 Å². The van der Waals surface area contributed by atoms with E-state index in [0.717, 1.165) is 5.39 Å². The molecule has 0 saturated heterocycles. The van der Waals surface area contributed by atoms with Gasteiger partial charge in [-0.1, -0.05) is 18.2 Å². The maximum absolute atomic E-state index is 13.2. The highest BCUT2D eigenvalue weighted by Gasteiger charge is 2.11. The van der Waals surface area contributed by atoms with Crippen LogP contribution >= 0.6 is 0 Å². The molecule has 0 unspecified atom stereocenters. The minimum absolute atomic E-state index is 0.358. The molecule has 3 aromatic rings. The molecular weight excluding hydrogens is 207 g/mol. The normalized spacial score (nSPS) is 11.1. The smallest absolute Gasteiger partial charge is 0.252 e. The summed E-state index contributed by atoms with van der Waals surface area (Å²) in [6.45, 7) is 0. The fraction of sp³-hybridized carbons (Fsp3) is 0. The molecule has 0 bridgehead atoms. The lowest BCUT2D eigenvalue weighted by molar-refractivity contribution is -0.639. The first kappa shape index (κ1) is 9.03. The van der Waals surface area contributed by atoms with E-state index in [1.807, 2.05) is 12.1 Å². The lowest BCUT2D eigenvalue weighted by Crippen LogP contribution is -2.31. The predicted molar refractivity (Wildman–Crippen MR) is 58.2 cm³/mol. The predicted octanol–water partition coefficient (Wildman–Crippen LogP) is 2.16. The Morgan fingerprint density at radius 1 is 1.06 bits per heavy atom. The Kier molecular flexibility index (Phi) is 1.77. The van der Waals surface area contributed by atoms with Crippen molar-refractivity contribution in [2.24, 2.45) is 0 Å². The fourth-order valence-electron chi connectivity index (χ4n) is 1.83. The van der Waals surface area contributed by atoms with Crippen molar-refractivity contribution in [3.63, 3.8) is 0 Å². The van der Waals surface area contributed by atoms with Crippen LogP contribution in [0.3, 0.4) is 0 Å². The standard InChI is InChI=1S/C12H7FN2O/c13-8-5-6-12-10(7-8)9-3-1-2-4-11(9)14-15(12)16/h1-7H. The molecular formula is C12H7FN2O. The van der Waals surface area contributed by atoms with E-state index in [1.54, 1.807) is 12.1 Å². The minimum Gasteiger partial charge on any atom is -0.594 e. The third-order valence-corrected chi connectivity index (χ3v) is 2.56. The summed E-state index contributed by atoms with van der Waals surface area (Å²) in [6.07, 6.45) is 0. The van der Waals surface area contributed by atoms with Crippen LogP contribution in [0.2, 0.25) is 0 Å². The number of rotatable bonds is 0. The number of fused-ring (bicyclic) bond motifs is 3. The molecule has 0 amide bonds. The van der Waals surface area contributed by atoms with Crippen LogP contribution in [-0.2, 0) is 0 Å². The lowest BCUT2D eigenvalue weighted by atomic mass is 10.1. The molecule has 1 heterocycles. The lowest BCUT2D eigenvalue weighted by Gasteiger charge is -2.02. The molecule has 0 aliphatic rings. The Morgan fingerprint density at radius 2 is 1.88 bits per heavy atom. The zero-order valence-electron chi connectivity index (χ0n) is 8.22. The third kappa shape index (κ3) is 1.20. The zero-order valence-corrected chi connectivity index (χ0v) is 8.22. The van der Waals surface area contributed by atoms with Crippen LogP contribution in [0.15, 0.2) is 42.5 Å². The Hall–Kier alpha value is -2.23. The van der Waals surface area contributed by atoms with Gasteiger partial charge in [-0.3, -0.25) is 0 Å². The van der Waals surface area contributed by atoms with Gasteiger partial charge in [-0.05, 0) is 23.0 Å². The monoisotopic (exact) mass is 214 g/mol. The Labute approximate surface area is 90.3 Å². The summed E-state index contributed by atoms with van der Waals surface area (Å²) in [5.41, 5.74) is 0.940. The molecule has 3 rings (SSSR count). The van der Waals surface area contributed by atoms with Crippen molar-refractivity contribution in [2.75, 3.05) is 0 Å². The van der Waals surface area contributed by atoms with E-state index in [1.165, 1.54) is 18.2 Å². The number of benzene rings is 2. The van der Waals surface area contributed by atoms with Crippen molar-refractivity contribution in [1.29, 1.82) is 0 Å². The number of halogens is 1. The Morgan fingerprint density at radius 3 is 2.75 bits per heavy atom. The maximum Gasteiger partial charge on any atom is 0.252 e. The molecule has 16 heavy (non-hydrogen) atoms. The summed E-state index contributed by atoms with van der Waals surface area (Å²) in [4.78, 5) is 0.525. The number of aromatic nitrogens is 2. The summed E-state index contributed by atoms with van der Waals surface area (Å²) < 4.78 is 13.2. The molecule has 0 fully saturated rings. The van der Waals surface area contributed by atoms with Crippen LogP contribution in [0.5, 0.6) is 0 Å². The van der Waals surface area contributed by atoms with Gasteiger partial charge in [-0.2, -0.15) is 0 Å². The molecule has 0 N–H and O–H groups in total. The van der Waals surface area contributed by atoms with Crippen LogP contribution in [0.25, 0.3) is 21.8 Å².